The van der Waals surface area contributed by atoms with Crippen molar-refractivity contribution in [2.24, 2.45) is 11.3 Å². The fourth-order valence-corrected chi connectivity index (χ4v) is 1.33. The molecule has 2 unspecified atom stereocenters. The average molecular weight is 186 g/mol. The SMILES string of the molecule is CC(C)(C)C(=O)CC1COCC1O. The van der Waals surface area contributed by atoms with Crippen LogP contribution in [0.25, 0.3) is 0 Å². The monoisotopic (exact) mass is 186 g/mol. The summed E-state index contributed by atoms with van der Waals surface area (Å²) in [6.07, 6.45) is -0.0173. The molecule has 0 radical (unpaired) electrons. The standard InChI is InChI=1S/C10H18O3/c1-10(2,3)9(12)4-7-5-13-6-8(7)11/h7-8,11H,4-6H2,1-3H3. The van der Waals surface area contributed by atoms with Gasteiger partial charge in [0.25, 0.3) is 0 Å². The van der Waals surface area contributed by atoms with E-state index in [1.807, 2.05) is 20.8 Å². The van der Waals surface area contributed by atoms with Gasteiger partial charge in [0.1, 0.15) is 5.78 Å². The Hall–Kier alpha value is -0.410. The molecule has 0 aromatic rings. The maximum Gasteiger partial charge on any atom is 0.138 e. The second-order valence-electron chi connectivity index (χ2n) is 4.74. The summed E-state index contributed by atoms with van der Waals surface area (Å²) in [6, 6.07) is 0. The number of rotatable bonds is 2. The molecule has 0 aliphatic carbocycles. The van der Waals surface area contributed by atoms with Crippen molar-refractivity contribution in [1.82, 2.24) is 0 Å². The van der Waals surface area contributed by atoms with Gasteiger partial charge in [-0.05, 0) is 0 Å². The van der Waals surface area contributed by atoms with Crippen LogP contribution in [-0.2, 0) is 9.53 Å². The van der Waals surface area contributed by atoms with E-state index in [4.69, 9.17) is 4.74 Å². The summed E-state index contributed by atoms with van der Waals surface area (Å²) in [5, 5.41) is 9.43. The second-order valence-corrected chi connectivity index (χ2v) is 4.74. The third-order valence-electron chi connectivity index (χ3n) is 2.45. The molecule has 1 N–H and O–H groups in total. The zero-order valence-corrected chi connectivity index (χ0v) is 8.54. The molecule has 13 heavy (non-hydrogen) atoms. The summed E-state index contributed by atoms with van der Waals surface area (Å²) in [4.78, 5) is 11.6. The van der Waals surface area contributed by atoms with Gasteiger partial charge in [-0.25, -0.2) is 0 Å². The molecule has 1 aliphatic heterocycles. The van der Waals surface area contributed by atoms with E-state index in [0.29, 0.717) is 19.6 Å². The molecular formula is C10H18O3. The molecule has 76 valence electrons. The molecule has 0 saturated carbocycles. The van der Waals surface area contributed by atoms with Gasteiger partial charge in [-0.1, -0.05) is 20.8 Å². The molecule has 0 aromatic heterocycles. The number of hydrogen-bond donors (Lipinski definition) is 1. The van der Waals surface area contributed by atoms with E-state index in [2.05, 4.69) is 0 Å². The van der Waals surface area contributed by atoms with Gasteiger partial charge in [0.2, 0.25) is 0 Å². The maximum atomic E-state index is 11.6. The third kappa shape index (κ3) is 2.78. The second kappa shape index (κ2) is 3.76. The van der Waals surface area contributed by atoms with Crippen LogP contribution < -0.4 is 0 Å². The van der Waals surface area contributed by atoms with Crippen molar-refractivity contribution < 1.29 is 14.6 Å². The highest BCUT2D eigenvalue weighted by atomic mass is 16.5. The van der Waals surface area contributed by atoms with Crippen LogP contribution in [0.15, 0.2) is 0 Å². The number of aliphatic hydroxyl groups excluding tert-OH is 1. The van der Waals surface area contributed by atoms with E-state index in [9.17, 15) is 9.90 Å². The van der Waals surface area contributed by atoms with Gasteiger partial charge in [-0.3, -0.25) is 4.79 Å². The van der Waals surface area contributed by atoms with Crippen molar-refractivity contribution in [1.29, 1.82) is 0 Å². The van der Waals surface area contributed by atoms with Gasteiger partial charge in [-0.2, -0.15) is 0 Å². The van der Waals surface area contributed by atoms with Crippen LogP contribution in [0.2, 0.25) is 0 Å². The van der Waals surface area contributed by atoms with Crippen molar-refractivity contribution >= 4 is 5.78 Å². The Kier molecular flexibility index (Phi) is 3.09. The van der Waals surface area contributed by atoms with Crippen LogP contribution >= 0.6 is 0 Å². The first-order valence-electron chi connectivity index (χ1n) is 4.70. The van der Waals surface area contributed by atoms with Gasteiger partial charge < -0.3 is 9.84 Å². The van der Waals surface area contributed by atoms with Crippen molar-refractivity contribution in [2.45, 2.75) is 33.3 Å². The molecular weight excluding hydrogens is 168 g/mol. The highest BCUT2D eigenvalue weighted by Gasteiger charge is 2.31. The predicted molar refractivity (Wildman–Crippen MR) is 49.4 cm³/mol. The number of hydrogen-bond acceptors (Lipinski definition) is 3. The molecule has 1 rings (SSSR count). The van der Waals surface area contributed by atoms with Gasteiger partial charge in [0, 0.05) is 17.8 Å². The molecule has 0 spiro atoms. The minimum atomic E-state index is -0.453. The molecule has 0 bridgehead atoms. The van der Waals surface area contributed by atoms with E-state index in [1.54, 1.807) is 0 Å². The lowest BCUT2D eigenvalue weighted by Crippen LogP contribution is -2.27. The largest absolute Gasteiger partial charge is 0.390 e. The molecule has 0 amide bonds. The molecule has 1 aliphatic rings. The minimum absolute atomic E-state index is 0.00623. The van der Waals surface area contributed by atoms with Crippen LogP contribution in [0.3, 0.4) is 0 Å². The molecule has 2 atom stereocenters. The number of carbonyl (C=O) groups excluding carboxylic acids is 1. The summed E-state index contributed by atoms with van der Waals surface area (Å²) in [5.41, 5.74) is -0.303. The Balaban J connectivity index is 2.45. The maximum absolute atomic E-state index is 11.6. The van der Waals surface area contributed by atoms with E-state index in [0.717, 1.165) is 0 Å². The quantitative estimate of drug-likeness (QED) is 0.699. The van der Waals surface area contributed by atoms with E-state index < -0.39 is 6.10 Å². The zero-order chi connectivity index (χ0) is 10.1. The van der Waals surface area contributed by atoms with Gasteiger partial charge in [-0.15, -0.1) is 0 Å². The molecule has 3 heteroatoms. The van der Waals surface area contributed by atoms with Crippen LogP contribution in [0.4, 0.5) is 0 Å². The summed E-state index contributed by atoms with van der Waals surface area (Å²) < 4.78 is 5.08. The first kappa shape index (κ1) is 10.7. The molecule has 0 aromatic carbocycles. The summed E-state index contributed by atoms with van der Waals surface area (Å²) in [5.74, 6) is 0.203. The Labute approximate surface area is 79.1 Å². The first-order chi connectivity index (χ1) is 5.91. The first-order valence-corrected chi connectivity index (χ1v) is 4.70. The van der Waals surface area contributed by atoms with Crippen LogP contribution in [-0.4, -0.2) is 30.2 Å². The summed E-state index contributed by atoms with van der Waals surface area (Å²) in [7, 11) is 0. The topological polar surface area (TPSA) is 46.5 Å². The van der Waals surface area contributed by atoms with E-state index in [1.165, 1.54) is 0 Å². The highest BCUT2D eigenvalue weighted by Crippen LogP contribution is 2.24. The Morgan fingerprint density at radius 3 is 2.46 bits per heavy atom. The molecule has 1 fully saturated rings. The lowest BCUT2D eigenvalue weighted by atomic mass is 9.84. The lowest BCUT2D eigenvalue weighted by molar-refractivity contribution is -0.127. The Morgan fingerprint density at radius 1 is 1.46 bits per heavy atom. The number of aliphatic hydroxyl groups is 1. The number of Topliss-reactive ketones (excluding diaryl/α,β-unsaturated/α-hetero) is 1. The fourth-order valence-electron chi connectivity index (χ4n) is 1.33. The van der Waals surface area contributed by atoms with Crippen LogP contribution in [0.5, 0.6) is 0 Å². The number of ketones is 1. The number of carbonyl (C=O) groups is 1. The van der Waals surface area contributed by atoms with Crippen LogP contribution in [0.1, 0.15) is 27.2 Å². The molecule has 1 heterocycles. The Bertz CT molecular complexity index is 193. The number of ether oxygens (including phenoxy) is 1. The third-order valence-corrected chi connectivity index (χ3v) is 2.45. The minimum Gasteiger partial charge on any atom is -0.390 e. The van der Waals surface area contributed by atoms with Crippen LogP contribution in [0, 0.1) is 11.3 Å². The molecule has 1 saturated heterocycles. The van der Waals surface area contributed by atoms with E-state index in [-0.39, 0.29) is 17.1 Å². The van der Waals surface area contributed by atoms with E-state index >= 15 is 0 Å². The van der Waals surface area contributed by atoms with Crippen molar-refractivity contribution in [3.63, 3.8) is 0 Å². The molecule has 3 nitrogen and oxygen atoms in total. The average Bonchev–Trinajstić information content (AvgIpc) is 2.34. The summed E-state index contributed by atoms with van der Waals surface area (Å²) in [6.45, 7) is 6.59. The summed E-state index contributed by atoms with van der Waals surface area (Å²) >= 11 is 0. The fraction of sp³-hybridized carbons (Fsp3) is 0.900. The van der Waals surface area contributed by atoms with Gasteiger partial charge >= 0.3 is 0 Å². The highest BCUT2D eigenvalue weighted by molar-refractivity contribution is 5.83. The zero-order valence-electron chi connectivity index (χ0n) is 8.54. The normalized spacial score (nSPS) is 29.2. The smallest absolute Gasteiger partial charge is 0.138 e. The van der Waals surface area contributed by atoms with Gasteiger partial charge in [0.05, 0.1) is 19.3 Å². The van der Waals surface area contributed by atoms with Crippen molar-refractivity contribution in [3.05, 3.63) is 0 Å². The van der Waals surface area contributed by atoms with Gasteiger partial charge in [0.15, 0.2) is 0 Å². The Morgan fingerprint density at radius 2 is 2.08 bits per heavy atom. The lowest BCUT2D eigenvalue weighted by Gasteiger charge is -2.19. The van der Waals surface area contributed by atoms with Crippen molar-refractivity contribution in [2.75, 3.05) is 13.2 Å². The predicted octanol–water partition coefficient (Wildman–Crippen LogP) is 0.999. The van der Waals surface area contributed by atoms with Crippen molar-refractivity contribution in [3.8, 4) is 0 Å².